The fraction of sp³-hybridized carbons (Fsp3) is 0.300. The minimum atomic E-state index is -0.624. The summed E-state index contributed by atoms with van der Waals surface area (Å²) in [5, 5.41) is 0.374. The van der Waals surface area contributed by atoms with Crippen molar-refractivity contribution >= 4 is 28.6 Å². The number of nitrogens with zero attached hydrogens (tertiary/aromatic N) is 2. The maximum atomic E-state index is 12.0. The monoisotopic (exact) mass is 372 g/mol. The highest BCUT2D eigenvalue weighted by molar-refractivity contribution is 6.29. The largest absolute Gasteiger partial charge is 0.479 e. The van der Waals surface area contributed by atoms with Crippen molar-refractivity contribution in [3.63, 3.8) is 0 Å². The van der Waals surface area contributed by atoms with Crippen molar-refractivity contribution in [3.05, 3.63) is 53.8 Å². The molecular formula is C20H21ClN2O3. The molecule has 0 radical (unpaired) electrons. The SMILES string of the molecule is CCCCC(Oc1ccc2nc(Cl)n(-c3ccccc3)c2c1)C(=O)OC. The lowest BCUT2D eigenvalue weighted by atomic mass is 10.1. The molecule has 0 bridgehead atoms. The molecule has 1 unspecified atom stereocenters. The second-order valence-electron chi connectivity index (χ2n) is 5.97. The number of hydrogen-bond acceptors (Lipinski definition) is 4. The van der Waals surface area contributed by atoms with E-state index in [1.165, 1.54) is 7.11 Å². The van der Waals surface area contributed by atoms with Crippen LogP contribution in [0, 0.1) is 0 Å². The van der Waals surface area contributed by atoms with Gasteiger partial charge in [-0.3, -0.25) is 4.57 Å². The first kappa shape index (κ1) is 18.3. The molecule has 0 aliphatic carbocycles. The summed E-state index contributed by atoms with van der Waals surface area (Å²) in [5.41, 5.74) is 2.49. The fourth-order valence-corrected chi connectivity index (χ4v) is 3.11. The number of carbonyl (C=O) groups is 1. The second-order valence-corrected chi connectivity index (χ2v) is 6.31. The summed E-state index contributed by atoms with van der Waals surface area (Å²) >= 11 is 6.34. The lowest BCUT2D eigenvalue weighted by Gasteiger charge is -2.17. The number of hydrogen-bond donors (Lipinski definition) is 0. The number of imidazole rings is 1. The van der Waals surface area contributed by atoms with Crippen molar-refractivity contribution in [2.24, 2.45) is 0 Å². The van der Waals surface area contributed by atoms with Gasteiger partial charge in [0.1, 0.15) is 5.75 Å². The standard InChI is InChI=1S/C20H21ClN2O3/c1-3-4-10-18(19(24)25-2)26-15-11-12-16-17(13-15)23(20(21)22-16)14-8-6-5-7-9-14/h5-9,11-13,18H,3-4,10H2,1-2H3. The van der Waals surface area contributed by atoms with Gasteiger partial charge in [0.05, 0.1) is 18.1 Å². The van der Waals surface area contributed by atoms with Crippen LogP contribution in [0.4, 0.5) is 0 Å². The number of para-hydroxylation sites is 1. The number of esters is 1. The molecule has 0 aliphatic heterocycles. The van der Waals surface area contributed by atoms with E-state index >= 15 is 0 Å². The average molecular weight is 373 g/mol. The van der Waals surface area contributed by atoms with E-state index in [-0.39, 0.29) is 5.97 Å². The molecule has 3 rings (SSSR count). The van der Waals surface area contributed by atoms with Crippen LogP contribution in [0.15, 0.2) is 48.5 Å². The Bertz CT molecular complexity index is 893. The third-order valence-electron chi connectivity index (χ3n) is 4.16. The van der Waals surface area contributed by atoms with E-state index in [4.69, 9.17) is 21.1 Å². The maximum Gasteiger partial charge on any atom is 0.347 e. The predicted molar refractivity (Wildman–Crippen MR) is 102 cm³/mol. The van der Waals surface area contributed by atoms with E-state index in [0.29, 0.717) is 17.5 Å². The molecule has 0 saturated heterocycles. The van der Waals surface area contributed by atoms with Crippen LogP contribution in [-0.4, -0.2) is 28.7 Å². The third kappa shape index (κ3) is 3.83. The third-order valence-corrected chi connectivity index (χ3v) is 4.42. The highest BCUT2D eigenvalue weighted by Gasteiger charge is 2.21. The Hall–Kier alpha value is -2.53. The van der Waals surface area contributed by atoms with Gasteiger partial charge in [-0.15, -0.1) is 0 Å². The van der Waals surface area contributed by atoms with Crippen LogP contribution < -0.4 is 4.74 Å². The summed E-state index contributed by atoms with van der Waals surface area (Å²) in [6.45, 7) is 2.07. The molecule has 6 heteroatoms. The Morgan fingerprint density at radius 2 is 2.00 bits per heavy atom. The number of fused-ring (bicyclic) bond motifs is 1. The van der Waals surface area contributed by atoms with E-state index in [2.05, 4.69) is 11.9 Å². The molecular weight excluding hydrogens is 352 g/mol. The molecule has 0 fully saturated rings. The van der Waals surface area contributed by atoms with Crippen LogP contribution in [0.25, 0.3) is 16.7 Å². The molecule has 1 heterocycles. The maximum absolute atomic E-state index is 12.0. The van der Waals surface area contributed by atoms with Gasteiger partial charge in [0.2, 0.25) is 5.28 Å². The van der Waals surface area contributed by atoms with Crippen LogP contribution in [0.5, 0.6) is 5.75 Å². The van der Waals surface area contributed by atoms with Crippen molar-refractivity contribution < 1.29 is 14.3 Å². The van der Waals surface area contributed by atoms with Gasteiger partial charge in [0, 0.05) is 11.8 Å². The van der Waals surface area contributed by atoms with Crippen LogP contribution in [0.1, 0.15) is 26.2 Å². The van der Waals surface area contributed by atoms with E-state index in [9.17, 15) is 4.79 Å². The van der Waals surface area contributed by atoms with Gasteiger partial charge in [-0.1, -0.05) is 31.5 Å². The topological polar surface area (TPSA) is 53.4 Å². The minimum Gasteiger partial charge on any atom is -0.479 e. The van der Waals surface area contributed by atoms with Crippen molar-refractivity contribution in [3.8, 4) is 11.4 Å². The van der Waals surface area contributed by atoms with Gasteiger partial charge < -0.3 is 9.47 Å². The molecule has 136 valence electrons. The number of carbonyl (C=O) groups excluding carboxylic acids is 1. The van der Waals surface area contributed by atoms with E-state index in [0.717, 1.165) is 29.6 Å². The van der Waals surface area contributed by atoms with E-state index < -0.39 is 6.10 Å². The predicted octanol–water partition coefficient (Wildman–Crippen LogP) is 4.79. The Labute approximate surface area is 157 Å². The fourth-order valence-electron chi connectivity index (χ4n) is 2.83. The van der Waals surface area contributed by atoms with Crippen molar-refractivity contribution in [2.75, 3.05) is 7.11 Å². The van der Waals surface area contributed by atoms with E-state index in [1.54, 1.807) is 6.07 Å². The Morgan fingerprint density at radius 3 is 2.69 bits per heavy atom. The molecule has 0 spiro atoms. The number of methoxy groups -OCH3 is 1. The van der Waals surface area contributed by atoms with Gasteiger partial charge in [0.15, 0.2) is 6.10 Å². The quantitative estimate of drug-likeness (QED) is 0.559. The zero-order chi connectivity index (χ0) is 18.5. The molecule has 5 nitrogen and oxygen atoms in total. The number of unbranched alkanes of at least 4 members (excludes halogenated alkanes) is 1. The Morgan fingerprint density at radius 1 is 1.23 bits per heavy atom. The number of aromatic nitrogens is 2. The highest BCUT2D eigenvalue weighted by Crippen LogP contribution is 2.28. The van der Waals surface area contributed by atoms with Gasteiger partial charge in [-0.25, -0.2) is 9.78 Å². The summed E-state index contributed by atoms with van der Waals surface area (Å²) in [6, 6.07) is 15.2. The van der Waals surface area contributed by atoms with Crippen LogP contribution in [0.3, 0.4) is 0 Å². The van der Waals surface area contributed by atoms with Crippen LogP contribution in [-0.2, 0) is 9.53 Å². The van der Waals surface area contributed by atoms with Gasteiger partial charge in [-0.05, 0) is 48.7 Å². The summed E-state index contributed by atoms with van der Waals surface area (Å²) in [6.07, 6.45) is 1.85. The van der Waals surface area contributed by atoms with Crippen molar-refractivity contribution in [1.82, 2.24) is 9.55 Å². The van der Waals surface area contributed by atoms with Crippen molar-refractivity contribution in [1.29, 1.82) is 0 Å². The molecule has 3 aromatic rings. The first-order valence-electron chi connectivity index (χ1n) is 8.62. The van der Waals surface area contributed by atoms with Gasteiger partial charge >= 0.3 is 5.97 Å². The minimum absolute atomic E-state index is 0.367. The number of ether oxygens (including phenoxy) is 2. The summed E-state index contributed by atoms with van der Waals surface area (Å²) in [4.78, 5) is 16.4. The van der Waals surface area contributed by atoms with Gasteiger partial charge in [0.25, 0.3) is 0 Å². The molecule has 0 amide bonds. The Kier molecular flexibility index (Phi) is 5.78. The van der Waals surface area contributed by atoms with Gasteiger partial charge in [-0.2, -0.15) is 0 Å². The summed E-state index contributed by atoms with van der Waals surface area (Å²) < 4.78 is 12.6. The molecule has 1 atom stereocenters. The van der Waals surface area contributed by atoms with Crippen LogP contribution >= 0.6 is 11.6 Å². The van der Waals surface area contributed by atoms with Crippen LogP contribution in [0.2, 0.25) is 5.28 Å². The summed E-state index contributed by atoms with van der Waals surface area (Å²) in [7, 11) is 1.37. The second kappa shape index (κ2) is 8.23. The zero-order valence-electron chi connectivity index (χ0n) is 14.8. The summed E-state index contributed by atoms with van der Waals surface area (Å²) in [5.74, 6) is 0.214. The van der Waals surface area contributed by atoms with Crippen molar-refractivity contribution in [2.45, 2.75) is 32.3 Å². The first-order chi connectivity index (χ1) is 12.6. The molecule has 26 heavy (non-hydrogen) atoms. The average Bonchev–Trinajstić information content (AvgIpc) is 3.00. The first-order valence-corrected chi connectivity index (χ1v) is 8.99. The molecule has 0 aliphatic rings. The molecule has 2 aromatic carbocycles. The zero-order valence-corrected chi connectivity index (χ0v) is 15.6. The highest BCUT2D eigenvalue weighted by atomic mass is 35.5. The molecule has 0 saturated carbocycles. The number of benzene rings is 2. The molecule has 0 N–H and O–H groups in total. The number of rotatable bonds is 7. The smallest absolute Gasteiger partial charge is 0.347 e. The lowest BCUT2D eigenvalue weighted by Crippen LogP contribution is -2.28. The van der Waals surface area contributed by atoms with E-state index in [1.807, 2.05) is 47.0 Å². The molecule has 1 aromatic heterocycles. The number of halogens is 1. The normalized spacial score (nSPS) is 12.1. The lowest BCUT2D eigenvalue weighted by molar-refractivity contribution is -0.149. The Balaban J connectivity index is 1.96.